The quantitative estimate of drug-likeness (QED) is 0.937. The lowest BCUT2D eigenvalue weighted by Gasteiger charge is -2.06. The Morgan fingerprint density at radius 1 is 1.35 bits per heavy atom. The molecular weight excluding hydrogens is 259 g/mol. The third kappa shape index (κ3) is 2.71. The molecule has 1 heterocycles. The van der Waals surface area contributed by atoms with Crippen molar-refractivity contribution in [3.63, 3.8) is 0 Å². The van der Waals surface area contributed by atoms with Crippen LogP contribution >= 0.6 is 0 Å². The van der Waals surface area contributed by atoms with Gasteiger partial charge in [0.2, 0.25) is 5.91 Å². The van der Waals surface area contributed by atoms with Crippen molar-refractivity contribution in [2.45, 2.75) is 20.8 Å². The molecule has 0 aliphatic carbocycles. The molecule has 4 nitrogen and oxygen atoms in total. The van der Waals surface area contributed by atoms with Gasteiger partial charge in [-0.05, 0) is 24.1 Å². The summed E-state index contributed by atoms with van der Waals surface area (Å²) >= 11 is 0. The minimum absolute atomic E-state index is 0.254. The molecule has 1 N–H and O–H groups in total. The Balaban J connectivity index is 2.48. The molecule has 20 heavy (non-hydrogen) atoms. The Bertz CT molecular complexity index is 674. The van der Waals surface area contributed by atoms with Crippen LogP contribution in [0.15, 0.2) is 24.4 Å². The molecule has 0 unspecified atom stereocenters. The molecule has 0 saturated carbocycles. The smallest absolute Gasteiger partial charge is 0.253 e. The van der Waals surface area contributed by atoms with Crippen LogP contribution in [0.2, 0.25) is 0 Å². The highest BCUT2D eigenvalue weighted by atomic mass is 19.1. The van der Waals surface area contributed by atoms with Crippen molar-refractivity contribution in [2.24, 2.45) is 5.92 Å². The van der Waals surface area contributed by atoms with Crippen molar-refractivity contribution in [1.29, 1.82) is 0 Å². The minimum Gasteiger partial charge on any atom is -0.352 e. The summed E-state index contributed by atoms with van der Waals surface area (Å²) in [6.45, 7) is 5.91. The lowest BCUT2D eigenvalue weighted by atomic mass is 10.1. The number of nitrogens with zero attached hydrogens (tertiary/aromatic N) is 1. The number of hydrogen-bond acceptors (Lipinski definition) is 2. The van der Waals surface area contributed by atoms with E-state index in [1.807, 2.05) is 13.8 Å². The number of rotatable bonds is 3. The predicted molar refractivity (Wildman–Crippen MR) is 75.4 cm³/mol. The van der Waals surface area contributed by atoms with Gasteiger partial charge in [-0.15, -0.1) is 0 Å². The monoisotopic (exact) mass is 276 g/mol. The molecule has 0 aliphatic rings. The SMILES string of the molecule is CC(=O)n1cc(C(=O)NCC(C)C)c2ccc(F)cc21. The molecule has 2 aromatic rings. The van der Waals surface area contributed by atoms with E-state index < -0.39 is 5.82 Å². The maximum absolute atomic E-state index is 13.3. The van der Waals surface area contributed by atoms with Gasteiger partial charge in [0, 0.05) is 25.1 Å². The zero-order chi connectivity index (χ0) is 14.9. The Morgan fingerprint density at radius 3 is 2.65 bits per heavy atom. The predicted octanol–water partition coefficient (Wildman–Crippen LogP) is 2.83. The van der Waals surface area contributed by atoms with E-state index in [1.165, 1.54) is 35.9 Å². The molecule has 0 fully saturated rings. The molecule has 0 atom stereocenters. The molecule has 0 saturated heterocycles. The summed E-state index contributed by atoms with van der Waals surface area (Å²) in [5.41, 5.74) is 0.794. The highest BCUT2D eigenvalue weighted by Gasteiger charge is 2.17. The third-order valence-corrected chi connectivity index (χ3v) is 3.02. The summed E-state index contributed by atoms with van der Waals surface area (Å²) in [4.78, 5) is 23.7. The first-order valence-corrected chi connectivity index (χ1v) is 6.50. The van der Waals surface area contributed by atoms with Crippen LogP contribution in [0.5, 0.6) is 0 Å². The number of aromatic nitrogens is 1. The maximum atomic E-state index is 13.3. The average molecular weight is 276 g/mol. The van der Waals surface area contributed by atoms with Crippen molar-refractivity contribution < 1.29 is 14.0 Å². The van der Waals surface area contributed by atoms with Gasteiger partial charge in [-0.1, -0.05) is 13.8 Å². The number of halogens is 1. The summed E-state index contributed by atoms with van der Waals surface area (Å²) in [5.74, 6) is -0.622. The van der Waals surface area contributed by atoms with Gasteiger partial charge in [0.1, 0.15) is 5.82 Å². The molecule has 5 heteroatoms. The number of hydrogen-bond donors (Lipinski definition) is 1. The highest BCUT2D eigenvalue weighted by molar-refractivity contribution is 6.09. The van der Waals surface area contributed by atoms with Crippen molar-refractivity contribution >= 4 is 22.7 Å². The van der Waals surface area contributed by atoms with Crippen LogP contribution in [-0.4, -0.2) is 22.9 Å². The molecule has 2 rings (SSSR count). The number of carbonyl (C=O) groups is 2. The van der Waals surface area contributed by atoms with Gasteiger partial charge in [-0.2, -0.15) is 0 Å². The van der Waals surface area contributed by atoms with E-state index in [-0.39, 0.29) is 11.8 Å². The van der Waals surface area contributed by atoms with Gasteiger partial charge in [-0.25, -0.2) is 4.39 Å². The Kier molecular flexibility index (Phi) is 3.88. The van der Waals surface area contributed by atoms with E-state index in [2.05, 4.69) is 5.32 Å². The standard InChI is InChI=1S/C15H17FN2O2/c1-9(2)7-17-15(20)13-8-18(10(3)19)14-6-11(16)4-5-12(13)14/h4-6,8-9H,7H2,1-3H3,(H,17,20). The first-order chi connectivity index (χ1) is 9.40. The fraction of sp³-hybridized carbons (Fsp3) is 0.333. The van der Waals surface area contributed by atoms with Gasteiger partial charge in [0.05, 0.1) is 11.1 Å². The summed E-state index contributed by atoms with van der Waals surface area (Å²) in [7, 11) is 0. The second-order valence-corrected chi connectivity index (χ2v) is 5.20. The molecule has 1 amide bonds. The molecule has 0 radical (unpaired) electrons. The van der Waals surface area contributed by atoms with Crippen LogP contribution in [0.4, 0.5) is 4.39 Å². The van der Waals surface area contributed by atoms with Crippen molar-refractivity contribution in [3.05, 3.63) is 35.8 Å². The number of fused-ring (bicyclic) bond motifs is 1. The molecule has 0 bridgehead atoms. The van der Waals surface area contributed by atoms with E-state index >= 15 is 0 Å². The lowest BCUT2D eigenvalue weighted by Crippen LogP contribution is -2.27. The van der Waals surface area contributed by atoms with Crippen LogP contribution < -0.4 is 5.32 Å². The van der Waals surface area contributed by atoms with Gasteiger partial charge in [-0.3, -0.25) is 14.2 Å². The van der Waals surface area contributed by atoms with Crippen LogP contribution in [0.25, 0.3) is 10.9 Å². The number of carbonyl (C=O) groups excluding carboxylic acids is 2. The average Bonchev–Trinajstić information content (AvgIpc) is 2.74. The van der Waals surface area contributed by atoms with Gasteiger partial charge in [0.25, 0.3) is 5.91 Å². The number of nitrogens with one attached hydrogen (secondary N) is 1. The normalized spacial score (nSPS) is 11.1. The summed E-state index contributed by atoms with van der Waals surface area (Å²) in [6, 6.07) is 4.07. The molecular formula is C15H17FN2O2. The lowest BCUT2D eigenvalue weighted by molar-refractivity contribution is 0.0941. The minimum atomic E-state index is -0.438. The second kappa shape index (κ2) is 5.45. The van der Waals surface area contributed by atoms with E-state index in [1.54, 1.807) is 0 Å². The Labute approximate surface area is 116 Å². The molecule has 1 aromatic heterocycles. The van der Waals surface area contributed by atoms with E-state index in [4.69, 9.17) is 0 Å². The molecule has 0 aliphatic heterocycles. The summed E-state index contributed by atoms with van der Waals surface area (Å²) < 4.78 is 14.6. The van der Waals surface area contributed by atoms with Crippen molar-refractivity contribution in [1.82, 2.24) is 9.88 Å². The van der Waals surface area contributed by atoms with Crippen molar-refractivity contribution in [2.75, 3.05) is 6.54 Å². The topological polar surface area (TPSA) is 51.1 Å². The van der Waals surface area contributed by atoms with Crippen molar-refractivity contribution in [3.8, 4) is 0 Å². The van der Waals surface area contributed by atoms with Crippen LogP contribution in [-0.2, 0) is 0 Å². The zero-order valence-corrected chi connectivity index (χ0v) is 11.7. The maximum Gasteiger partial charge on any atom is 0.253 e. The van der Waals surface area contributed by atoms with Crippen LogP contribution in [0, 0.1) is 11.7 Å². The summed E-state index contributed by atoms with van der Waals surface area (Å²) in [5, 5.41) is 3.37. The third-order valence-electron chi connectivity index (χ3n) is 3.02. The van der Waals surface area contributed by atoms with Gasteiger partial charge >= 0.3 is 0 Å². The van der Waals surface area contributed by atoms with Gasteiger partial charge in [0.15, 0.2) is 0 Å². The molecule has 0 spiro atoms. The molecule has 1 aromatic carbocycles. The Morgan fingerprint density at radius 2 is 2.05 bits per heavy atom. The first-order valence-electron chi connectivity index (χ1n) is 6.50. The second-order valence-electron chi connectivity index (χ2n) is 5.20. The van der Waals surface area contributed by atoms with E-state index in [0.29, 0.717) is 28.9 Å². The largest absolute Gasteiger partial charge is 0.352 e. The zero-order valence-electron chi connectivity index (χ0n) is 11.7. The molecule has 106 valence electrons. The number of amides is 1. The fourth-order valence-corrected chi connectivity index (χ4v) is 2.03. The highest BCUT2D eigenvalue weighted by Crippen LogP contribution is 2.22. The van der Waals surface area contributed by atoms with E-state index in [0.717, 1.165) is 0 Å². The van der Waals surface area contributed by atoms with Gasteiger partial charge < -0.3 is 5.32 Å². The number of benzene rings is 1. The van der Waals surface area contributed by atoms with Crippen LogP contribution in [0.1, 0.15) is 35.9 Å². The fourth-order valence-electron chi connectivity index (χ4n) is 2.03. The first kappa shape index (κ1) is 14.2. The van der Waals surface area contributed by atoms with Crippen LogP contribution in [0.3, 0.4) is 0 Å². The van der Waals surface area contributed by atoms with E-state index in [9.17, 15) is 14.0 Å². The Hall–Kier alpha value is -2.17. The summed E-state index contributed by atoms with van der Waals surface area (Å²) in [6.07, 6.45) is 1.46.